The largest absolute Gasteiger partial charge is 0.192 e. The first kappa shape index (κ1) is 9.80. The SMILES string of the molecule is C=C(C)C1C=CC(C#N)=CC1CC. The molecule has 0 aromatic heterocycles. The monoisotopic (exact) mass is 173 g/mol. The van der Waals surface area contributed by atoms with Crippen molar-refractivity contribution in [2.75, 3.05) is 0 Å². The lowest BCUT2D eigenvalue weighted by Gasteiger charge is -2.23. The Bertz CT molecular complexity index is 302. The zero-order chi connectivity index (χ0) is 9.84. The molecule has 1 aliphatic carbocycles. The molecule has 68 valence electrons. The Morgan fingerprint density at radius 3 is 2.85 bits per heavy atom. The van der Waals surface area contributed by atoms with Gasteiger partial charge in [-0.05, 0) is 25.3 Å². The van der Waals surface area contributed by atoms with Gasteiger partial charge in [0.05, 0.1) is 6.07 Å². The summed E-state index contributed by atoms with van der Waals surface area (Å²) in [6.45, 7) is 8.15. The summed E-state index contributed by atoms with van der Waals surface area (Å²) in [5.74, 6) is 0.874. The van der Waals surface area contributed by atoms with Crippen molar-refractivity contribution in [1.82, 2.24) is 0 Å². The van der Waals surface area contributed by atoms with E-state index >= 15 is 0 Å². The summed E-state index contributed by atoms with van der Waals surface area (Å²) in [7, 11) is 0. The maximum absolute atomic E-state index is 8.74. The van der Waals surface area contributed by atoms with E-state index in [-0.39, 0.29) is 0 Å². The van der Waals surface area contributed by atoms with Crippen LogP contribution in [0.2, 0.25) is 0 Å². The van der Waals surface area contributed by atoms with Crippen LogP contribution in [0.4, 0.5) is 0 Å². The van der Waals surface area contributed by atoms with Crippen LogP contribution in [0.5, 0.6) is 0 Å². The number of hydrogen-bond donors (Lipinski definition) is 0. The van der Waals surface area contributed by atoms with Crippen molar-refractivity contribution < 1.29 is 0 Å². The molecule has 13 heavy (non-hydrogen) atoms. The Morgan fingerprint density at radius 2 is 2.38 bits per heavy atom. The van der Waals surface area contributed by atoms with Gasteiger partial charge in [0.1, 0.15) is 0 Å². The molecular formula is C12H15N. The number of allylic oxidation sites excluding steroid dienone is 5. The molecule has 0 bridgehead atoms. The molecule has 0 aromatic carbocycles. The highest BCUT2D eigenvalue weighted by Crippen LogP contribution is 2.29. The van der Waals surface area contributed by atoms with Crippen LogP contribution in [-0.2, 0) is 0 Å². The molecule has 0 aliphatic heterocycles. The third-order valence-corrected chi connectivity index (χ3v) is 2.51. The van der Waals surface area contributed by atoms with E-state index in [1.807, 2.05) is 13.0 Å². The van der Waals surface area contributed by atoms with Gasteiger partial charge in [0.25, 0.3) is 0 Å². The average Bonchev–Trinajstić information content (AvgIpc) is 2.16. The zero-order valence-electron chi connectivity index (χ0n) is 8.25. The number of hydrogen-bond acceptors (Lipinski definition) is 1. The quantitative estimate of drug-likeness (QED) is 0.588. The Hall–Kier alpha value is -1.29. The molecule has 2 atom stereocenters. The second-order valence-corrected chi connectivity index (χ2v) is 3.54. The second kappa shape index (κ2) is 4.09. The van der Waals surface area contributed by atoms with Crippen LogP contribution >= 0.6 is 0 Å². The number of nitriles is 1. The van der Waals surface area contributed by atoms with Crippen molar-refractivity contribution in [3.05, 3.63) is 36.0 Å². The van der Waals surface area contributed by atoms with Gasteiger partial charge in [-0.3, -0.25) is 0 Å². The van der Waals surface area contributed by atoms with Crippen LogP contribution in [0, 0.1) is 23.2 Å². The summed E-state index contributed by atoms with van der Waals surface area (Å²) in [4.78, 5) is 0. The van der Waals surface area contributed by atoms with Gasteiger partial charge in [-0.15, -0.1) is 0 Å². The fourth-order valence-electron chi connectivity index (χ4n) is 1.72. The van der Waals surface area contributed by atoms with Gasteiger partial charge in [0.15, 0.2) is 0 Å². The van der Waals surface area contributed by atoms with Gasteiger partial charge >= 0.3 is 0 Å². The maximum Gasteiger partial charge on any atom is 0.0988 e. The van der Waals surface area contributed by atoms with E-state index in [0.29, 0.717) is 11.8 Å². The summed E-state index contributed by atoms with van der Waals surface area (Å²) in [6.07, 6.45) is 7.10. The summed E-state index contributed by atoms with van der Waals surface area (Å²) in [5.41, 5.74) is 1.96. The molecule has 0 heterocycles. The van der Waals surface area contributed by atoms with Crippen molar-refractivity contribution in [1.29, 1.82) is 5.26 Å². The molecule has 0 amide bonds. The Morgan fingerprint density at radius 1 is 1.69 bits per heavy atom. The first-order chi connectivity index (χ1) is 6.19. The predicted octanol–water partition coefficient (Wildman–Crippen LogP) is 3.22. The van der Waals surface area contributed by atoms with E-state index in [0.717, 1.165) is 12.0 Å². The van der Waals surface area contributed by atoms with E-state index in [2.05, 4.69) is 31.7 Å². The lowest BCUT2D eigenvalue weighted by Crippen LogP contribution is -2.13. The van der Waals surface area contributed by atoms with Gasteiger partial charge in [0.2, 0.25) is 0 Å². The first-order valence-electron chi connectivity index (χ1n) is 4.64. The van der Waals surface area contributed by atoms with Crippen LogP contribution < -0.4 is 0 Å². The second-order valence-electron chi connectivity index (χ2n) is 3.54. The minimum Gasteiger partial charge on any atom is -0.192 e. The zero-order valence-corrected chi connectivity index (χ0v) is 8.25. The average molecular weight is 173 g/mol. The molecule has 0 saturated heterocycles. The van der Waals surface area contributed by atoms with E-state index < -0.39 is 0 Å². The molecule has 0 N–H and O–H groups in total. The lowest BCUT2D eigenvalue weighted by atomic mass is 9.81. The standard InChI is InChI=1S/C12H15N/c1-4-11-7-10(8-13)5-6-12(11)9(2)3/h5-7,11-12H,2,4H2,1,3H3. The van der Waals surface area contributed by atoms with Gasteiger partial charge in [0, 0.05) is 11.5 Å². The van der Waals surface area contributed by atoms with E-state index in [4.69, 9.17) is 5.26 Å². The minimum atomic E-state index is 0.419. The molecule has 0 saturated carbocycles. The Kier molecular flexibility index (Phi) is 3.08. The topological polar surface area (TPSA) is 23.8 Å². The molecule has 0 aromatic rings. The van der Waals surface area contributed by atoms with Crippen LogP contribution in [0.25, 0.3) is 0 Å². The fraction of sp³-hybridized carbons (Fsp3) is 0.417. The highest BCUT2D eigenvalue weighted by Gasteiger charge is 2.19. The Labute approximate surface area is 80.1 Å². The van der Waals surface area contributed by atoms with E-state index in [9.17, 15) is 0 Å². The summed E-state index contributed by atoms with van der Waals surface area (Å²) >= 11 is 0. The molecule has 0 fully saturated rings. The van der Waals surface area contributed by atoms with Crippen LogP contribution in [-0.4, -0.2) is 0 Å². The van der Waals surface area contributed by atoms with Crippen molar-refractivity contribution in [2.24, 2.45) is 11.8 Å². The van der Waals surface area contributed by atoms with Gasteiger partial charge in [-0.1, -0.05) is 31.2 Å². The third kappa shape index (κ3) is 2.09. The normalized spacial score (nSPS) is 26.4. The van der Waals surface area contributed by atoms with Crippen LogP contribution in [0.3, 0.4) is 0 Å². The highest BCUT2D eigenvalue weighted by atomic mass is 14.3. The van der Waals surface area contributed by atoms with Crippen LogP contribution in [0.1, 0.15) is 20.3 Å². The smallest absolute Gasteiger partial charge is 0.0988 e. The molecule has 0 radical (unpaired) electrons. The number of nitrogens with zero attached hydrogens (tertiary/aromatic N) is 1. The molecule has 1 aliphatic rings. The first-order valence-corrected chi connectivity index (χ1v) is 4.64. The molecule has 1 heteroatoms. The molecule has 2 unspecified atom stereocenters. The van der Waals surface area contributed by atoms with Gasteiger partial charge in [-0.25, -0.2) is 0 Å². The van der Waals surface area contributed by atoms with Crippen molar-refractivity contribution in [3.63, 3.8) is 0 Å². The van der Waals surface area contributed by atoms with Gasteiger partial charge < -0.3 is 0 Å². The van der Waals surface area contributed by atoms with Crippen molar-refractivity contribution in [3.8, 4) is 6.07 Å². The number of rotatable bonds is 2. The maximum atomic E-state index is 8.74. The fourth-order valence-corrected chi connectivity index (χ4v) is 1.72. The Balaban J connectivity index is 2.87. The molecule has 0 spiro atoms. The van der Waals surface area contributed by atoms with Gasteiger partial charge in [-0.2, -0.15) is 5.26 Å². The van der Waals surface area contributed by atoms with Crippen LogP contribution in [0.15, 0.2) is 36.0 Å². The van der Waals surface area contributed by atoms with E-state index in [1.165, 1.54) is 5.57 Å². The van der Waals surface area contributed by atoms with Crippen molar-refractivity contribution >= 4 is 0 Å². The molecule has 1 rings (SSSR count). The van der Waals surface area contributed by atoms with Crippen molar-refractivity contribution in [2.45, 2.75) is 20.3 Å². The third-order valence-electron chi connectivity index (χ3n) is 2.51. The highest BCUT2D eigenvalue weighted by molar-refractivity contribution is 5.38. The summed E-state index contributed by atoms with van der Waals surface area (Å²) in [5, 5.41) is 8.74. The summed E-state index contributed by atoms with van der Waals surface area (Å²) < 4.78 is 0. The summed E-state index contributed by atoms with van der Waals surface area (Å²) in [6, 6.07) is 2.17. The minimum absolute atomic E-state index is 0.419. The predicted molar refractivity (Wildman–Crippen MR) is 54.9 cm³/mol. The molecule has 1 nitrogen and oxygen atoms in total. The lowest BCUT2D eigenvalue weighted by molar-refractivity contribution is 0.511. The van der Waals surface area contributed by atoms with E-state index in [1.54, 1.807) is 0 Å². The molecular weight excluding hydrogens is 158 g/mol.